The summed E-state index contributed by atoms with van der Waals surface area (Å²) in [5.41, 5.74) is -0.151. The molecule has 0 bridgehead atoms. The normalized spacial score (nSPS) is 18.7. The molecule has 0 radical (unpaired) electrons. The molecule has 9 heteroatoms. The number of hydrogen-bond donors (Lipinski definition) is 1. The van der Waals surface area contributed by atoms with Crippen molar-refractivity contribution in [2.45, 2.75) is 25.1 Å². The van der Waals surface area contributed by atoms with Gasteiger partial charge >= 0.3 is 0 Å². The Kier molecular flexibility index (Phi) is 8.57. The maximum absolute atomic E-state index is 13.1. The van der Waals surface area contributed by atoms with Crippen LogP contribution in [-0.2, 0) is 17.8 Å². The third-order valence-corrected chi connectivity index (χ3v) is 5.74. The first kappa shape index (κ1) is 25.0. The summed E-state index contributed by atoms with van der Waals surface area (Å²) in [6, 6.07) is 13.5. The van der Waals surface area contributed by atoms with E-state index in [4.69, 9.17) is 18.9 Å². The van der Waals surface area contributed by atoms with Gasteiger partial charge in [-0.05, 0) is 48.0 Å². The smallest absolute Gasteiger partial charge is 0.161 e. The van der Waals surface area contributed by atoms with Crippen molar-refractivity contribution in [1.29, 1.82) is 0 Å². The van der Waals surface area contributed by atoms with Crippen LogP contribution in [0.15, 0.2) is 60.9 Å². The first-order valence-electron chi connectivity index (χ1n) is 11.7. The van der Waals surface area contributed by atoms with Gasteiger partial charge in [-0.1, -0.05) is 6.07 Å². The summed E-state index contributed by atoms with van der Waals surface area (Å²) in [5.74, 6) is 1.53. The van der Waals surface area contributed by atoms with Crippen LogP contribution < -0.4 is 14.2 Å². The summed E-state index contributed by atoms with van der Waals surface area (Å²) < 4.78 is 37.8. The van der Waals surface area contributed by atoms with E-state index in [2.05, 4.69) is 10.00 Å². The second-order valence-electron chi connectivity index (χ2n) is 8.69. The molecule has 1 aliphatic rings. The maximum atomic E-state index is 13.1. The van der Waals surface area contributed by atoms with Crippen molar-refractivity contribution in [2.24, 2.45) is 0 Å². The summed E-state index contributed by atoms with van der Waals surface area (Å²) >= 11 is 0. The largest absolute Gasteiger partial charge is 0.493 e. The highest BCUT2D eigenvalue weighted by Gasteiger charge is 2.33. The summed E-state index contributed by atoms with van der Waals surface area (Å²) in [7, 11) is 1.63. The van der Waals surface area contributed by atoms with Crippen LogP contribution in [0.25, 0.3) is 0 Å². The molecule has 8 nitrogen and oxygen atoms in total. The fourth-order valence-corrected chi connectivity index (χ4v) is 4.00. The maximum Gasteiger partial charge on any atom is 0.161 e. The number of aromatic nitrogens is 2. The zero-order chi connectivity index (χ0) is 24.5. The second-order valence-corrected chi connectivity index (χ2v) is 8.69. The van der Waals surface area contributed by atoms with Crippen molar-refractivity contribution < 1.29 is 28.4 Å². The molecule has 0 aliphatic carbocycles. The Morgan fingerprint density at radius 2 is 2.00 bits per heavy atom. The van der Waals surface area contributed by atoms with Gasteiger partial charge in [0.1, 0.15) is 23.8 Å². The first-order chi connectivity index (χ1) is 17.0. The van der Waals surface area contributed by atoms with Gasteiger partial charge in [0.25, 0.3) is 0 Å². The minimum Gasteiger partial charge on any atom is -0.493 e. The van der Waals surface area contributed by atoms with Gasteiger partial charge in [-0.25, -0.2) is 4.39 Å². The van der Waals surface area contributed by atoms with E-state index in [1.165, 1.54) is 12.1 Å². The molecule has 1 aromatic heterocycles. The molecule has 4 rings (SSSR count). The molecule has 2 aromatic carbocycles. The van der Waals surface area contributed by atoms with Gasteiger partial charge in [0.2, 0.25) is 0 Å². The molecule has 0 saturated carbocycles. The van der Waals surface area contributed by atoms with Gasteiger partial charge in [0, 0.05) is 45.0 Å². The lowest BCUT2D eigenvalue weighted by Crippen LogP contribution is -2.48. The van der Waals surface area contributed by atoms with Crippen molar-refractivity contribution in [2.75, 3.05) is 46.6 Å². The number of benzene rings is 2. The number of halogens is 1. The van der Waals surface area contributed by atoms with Gasteiger partial charge < -0.3 is 24.1 Å². The SMILES string of the molecule is COc1cc(CN2CCOC[C@](O)(COc3ccc(F)cc3)C2)ccc1OCCCn1cccn1. The van der Waals surface area contributed by atoms with E-state index in [1.54, 1.807) is 25.4 Å². The van der Waals surface area contributed by atoms with Crippen molar-refractivity contribution in [3.05, 3.63) is 72.3 Å². The zero-order valence-corrected chi connectivity index (χ0v) is 19.9. The van der Waals surface area contributed by atoms with Crippen LogP contribution in [0.5, 0.6) is 17.2 Å². The average Bonchev–Trinajstić information content (AvgIpc) is 3.31. The summed E-state index contributed by atoms with van der Waals surface area (Å²) in [4.78, 5) is 2.13. The number of ether oxygens (including phenoxy) is 4. The molecule has 1 aliphatic heterocycles. The van der Waals surface area contributed by atoms with E-state index in [-0.39, 0.29) is 19.0 Å². The number of aliphatic hydroxyl groups is 1. The van der Waals surface area contributed by atoms with Crippen LogP contribution in [0.4, 0.5) is 4.39 Å². The number of nitrogens with zero attached hydrogens (tertiary/aromatic N) is 3. The minimum absolute atomic E-state index is 0.0454. The Labute approximate surface area is 204 Å². The van der Waals surface area contributed by atoms with E-state index >= 15 is 0 Å². The van der Waals surface area contributed by atoms with Crippen molar-refractivity contribution in [3.63, 3.8) is 0 Å². The van der Waals surface area contributed by atoms with Gasteiger partial charge in [-0.15, -0.1) is 0 Å². The molecule has 1 atom stereocenters. The quantitative estimate of drug-likeness (QED) is 0.418. The van der Waals surface area contributed by atoms with Gasteiger partial charge in [-0.2, -0.15) is 5.10 Å². The number of hydrogen-bond acceptors (Lipinski definition) is 7. The molecule has 2 heterocycles. The topological polar surface area (TPSA) is 78.2 Å². The number of rotatable bonds is 11. The van der Waals surface area contributed by atoms with Gasteiger partial charge in [0.15, 0.2) is 11.5 Å². The van der Waals surface area contributed by atoms with Crippen molar-refractivity contribution >= 4 is 0 Å². The first-order valence-corrected chi connectivity index (χ1v) is 11.7. The number of methoxy groups -OCH3 is 1. The van der Waals surface area contributed by atoms with Crippen LogP contribution in [0.1, 0.15) is 12.0 Å². The number of β-amino-alcohol motifs (C(OH)–C–C–N with tert-alkyl or cyclic N) is 1. The molecule has 3 aromatic rings. The Morgan fingerprint density at radius 3 is 2.77 bits per heavy atom. The molecule has 1 fully saturated rings. The monoisotopic (exact) mass is 485 g/mol. The highest BCUT2D eigenvalue weighted by Crippen LogP contribution is 2.29. The predicted molar refractivity (Wildman–Crippen MR) is 128 cm³/mol. The van der Waals surface area contributed by atoms with E-state index < -0.39 is 5.60 Å². The Morgan fingerprint density at radius 1 is 1.14 bits per heavy atom. The molecule has 0 spiro atoms. The second kappa shape index (κ2) is 12.0. The molecular weight excluding hydrogens is 453 g/mol. The third kappa shape index (κ3) is 7.42. The minimum atomic E-state index is -1.19. The third-order valence-electron chi connectivity index (χ3n) is 5.74. The highest BCUT2D eigenvalue weighted by molar-refractivity contribution is 5.43. The van der Waals surface area contributed by atoms with Gasteiger partial charge in [-0.3, -0.25) is 9.58 Å². The summed E-state index contributed by atoms with van der Waals surface area (Å²) in [5, 5.41) is 15.3. The standard InChI is InChI=1S/C26H32FN3O5/c1-32-25-16-21(4-9-24(25)34-14-3-12-30-11-2-10-28-30)17-29-13-15-33-19-26(31,18-29)20-35-23-7-5-22(27)6-8-23/h2,4-11,16,31H,3,12-15,17-20H2,1H3/t26-/m0/s1. The van der Waals surface area contributed by atoms with E-state index in [0.717, 1.165) is 18.5 Å². The van der Waals surface area contributed by atoms with Crippen LogP contribution in [0.2, 0.25) is 0 Å². The van der Waals surface area contributed by atoms with Crippen LogP contribution in [-0.4, -0.2) is 72.0 Å². The lowest BCUT2D eigenvalue weighted by molar-refractivity contribution is -0.0646. The Hall–Kier alpha value is -3.14. The number of aryl methyl sites for hydroxylation is 1. The van der Waals surface area contributed by atoms with E-state index in [0.29, 0.717) is 50.1 Å². The fourth-order valence-electron chi connectivity index (χ4n) is 4.00. The Balaban J connectivity index is 1.32. The Bertz CT molecular complexity index is 1050. The van der Waals surface area contributed by atoms with E-state index in [9.17, 15) is 9.50 Å². The molecule has 35 heavy (non-hydrogen) atoms. The van der Waals surface area contributed by atoms with Crippen LogP contribution >= 0.6 is 0 Å². The average molecular weight is 486 g/mol. The van der Waals surface area contributed by atoms with Crippen molar-refractivity contribution in [3.8, 4) is 17.2 Å². The summed E-state index contributed by atoms with van der Waals surface area (Å²) in [6.45, 7) is 3.72. The fraction of sp³-hybridized carbons (Fsp3) is 0.423. The molecule has 188 valence electrons. The molecule has 0 amide bonds. The molecular formula is C26H32FN3O5. The predicted octanol–water partition coefficient (Wildman–Crippen LogP) is 3.14. The molecule has 1 N–H and O–H groups in total. The van der Waals surface area contributed by atoms with Gasteiger partial charge in [0.05, 0.1) is 26.9 Å². The lowest BCUT2D eigenvalue weighted by atomic mass is 10.1. The van der Waals surface area contributed by atoms with Crippen LogP contribution in [0, 0.1) is 5.82 Å². The molecule has 0 unspecified atom stereocenters. The zero-order valence-electron chi connectivity index (χ0n) is 19.9. The summed E-state index contributed by atoms with van der Waals surface area (Å²) in [6.07, 6.45) is 4.52. The van der Waals surface area contributed by atoms with Crippen LogP contribution in [0.3, 0.4) is 0 Å². The molecule has 1 saturated heterocycles. The highest BCUT2D eigenvalue weighted by atomic mass is 19.1. The lowest BCUT2D eigenvalue weighted by Gasteiger charge is -2.30. The van der Waals surface area contributed by atoms with E-state index in [1.807, 2.05) is 35.1 Å². The van der Waals surface area contributed by atoms with Crippen molar-refractivity contribution in [1.82, 2.24) is 14.7 Å².